The molecule has 5 heteroatoms. The van der Waals surface area contributed by atoms with Gasteiger partial charge in [-0.2, -0.15) is 0 Å². The van der Waals surface area contributed by atoms with E-state index in [4.69, 9.17) is 14.2 Å². The molecule has 1 aliphatic carbocycles. The summed E-state index contributed by atoms with van der Waals surface area (Å²) < 4.78 is 17.1. The second-order valence-electron chi connectivity index (χ2n) is 7.14. The van der Waals surface area contributed by atoms with Gasteiger partial charge in [-0.15, -0.1) is 0 Å². The van der Waals surface area contributed by atoms with E-state index in [0.29, 0.717) is 30.3 Å². The third kappa shape index (κ3) is 2.55. The van der Waals surface area contributed by atoms with Gasteiger partial charge < -0.3 is 19.1 Å². The number of hydrogen-bond acceptors (Lipinski definition) is 4. The van der Waals surface area contributed by atoms with Gasteiger partial charge in [0.15, 0.2) is 11.5 Å². The van der Waals surface area contributed by atoms with Gasteiger partial charge in [-0.05, 0) is 37.8 Å². The van der Waals surface area contributed by atoms with E-state index in [9.17, 15) is 4.79 Å². The topological polar surface area (TPSA) is 48.0 Å². The molecule has 0 bridgehead atoms. The molecule has 3 aliphatic rings. The van der Waals surface area contributed by atoms with Crippen LogP contribution in [0.1, 0.15) is 42.5 Å². The number of benzene rings is 1. The van der Waals surface area contributed by atoms with Gasteiger partial charge in [-0.1, -0.05) is 12.5 Å². The average molecular weight is 331 g/mol. The Balaban J connectivity index is 1.59. The van der Waals surface area contributed by atoms with Crippen LogP contribution >= 0.6 is 0 Å². The Kier molecular flexibility index (Phi) is 4.12. The summed E-state index contributed by atoms with van der Waals surface area (Å²) in [5, 5.41) is 0. The zero-order valence-corrected chi connectivity index (χ0v) is 14.3. The minimum atomic E-state index is 0.0539. The molecule has 0 aromatic heterocycles. The molecule has 5 nitrogen and oxygen atoms in total. The standard InChI is InChI=1S/C19H25NO4/c1-22-16-7-3-8-19(16)9-4-10-20(13-19)18(21)14-5-2-6-15-17(14)24-12-11-23-15/h2,5-6,16H,3-4,7-13H2,1H3/t16-,19+/m1/s1. The highest BCUT2D eigenvalue weighted by Gasteiger charge is 2.47. The highest BCUT2D eigenvalue weighted by Crippen LogP contribution is 2.47. The first-order valence-corrected chi connectivity index (χ1v) is 8.94. The van der Waals surface area contributed by atoms with E-state index in [2.05, 4.69) is 0 Å². The molecule has 1 aromatic rings. The fourth-order valence-electron chi connectivity index (χ4n) is 4.69. The van der Waals surface area contributed by atoms with Gasteiger partial charge in [0.25, 0.3) is 5.91 Å². The van der Waals surface area contributed by atoms with Crippen molar-refractivity contribution in [2.45, 2.75) is 38.2 Å². The Bertz CT molecular complexity index is 632. The highest BCUT2D eigenvalue weighted by molar-refractivity contribution is 5.98. The largest absolute Gasteiger partial charge is 0.486 e. The van der Waals surface area contributed by atoms with Crippen LogP contribution in [0.15, 0.2) is 18.2 Å². The predicted molar refractivity (Wildman–Crippen MR) is 89.7 cm³/mol. The van der Waals surface area contributed by atoms with Crippen molar-refractivity contribution < 1.29 is 19.0 Å². The molecule has 1 spiro atoms. The number of para-hydroxylation sites is 1. The van der Waals surface area contributed by atoms with Gasteiger partial charge in [0.1, 0.15) is 13.2 Å². The molecule has 4 rings (SSSR count). The summed E-state index contributed by atoms with van der Waals surface area (Å²) in [5.41, 5.74) is 0.755. The van der Waals surface area contributed by atoms with Crippen molar-refractivity contribution in [3.05, 3.63) is 23.8 Å². The van der Waals surface area contributed by atoms with E-state index in [0.717, 1.165) is 38.8 Å². The fourth-order valence-corrected chi connectivity index (χ4v) is 4.69. The van der Waals surface area contributed by atoms with Gasteiger partial charge >= 0.3 is 0 Å². The predicted octanol–water partition coefficient (Wildman–Crippen LogP) is 2.88. The van der Waals surface area contributed by atoms with Crippen LogP contribution in [0.5, 0.6) is 11.5 Å². The summed E-state index contributed by atoms with van der Waals surface area (Å²) in [7, 11) is 1.80. The van der Waals surface area contributed by atoms with Crippen LogP contribution < -0.4 is 9.47 Å². The van der Waals surface area contributed by atoms with E-state index in [1.54, 1.807) is 7.11 Å². The number of amides is 1. The van der Waals surface area contributed by atoms with Crippen LogP contribution in [0.3, 0.4) is 0 Å². The minimum Gasteiger partial charge on any atom is -0.486 e. The molecule has 130 valence electrons. The number of likely N-dealkylation sites (tertiary alicyclic amines) is 1. The number of rotatable bonds is 2. The number of ether oxygens (including phenoxy) is 3. The molecule has 0 radical (unpaired) electrons. The van der Waals surface area contributed by atoms with Crippen molar-refractivity contribution >= 4 is 5.91 Å². The van der Waals surface area contributed by atoms with Crippen molar-refractivity contribution in [3.8, 4) is 11.5 Å². The maximum Gasteiger partial charge on any atom is 0.257 e. The average Bonchev–Trinajstić information content (AvgIpc) is 3.02. The number of carbonyl (C=O) groups is 1. The summed E-state index contributed by atoms with van der Waals surface area (Å²) in [6, 6.07) is 5.58. The molecule has 24 heavy (non-hydrogen) atoms. The summed E-state index contributed by atoms with van der Waals surface area (Å²) in [6.07, 6.45) is 5.92. The molecule has 1 aromatic carbocycles. The van der Waals surface area contributed by atoms with Crippen molar-refractivity contribution in [2.24, 2.45) is 5.41 Å². The number of piperidine rings is 1. The molecule has 1 saturated carbocycles. The van der Waals surface area contributed by atoms with Crippen LogP contribution in [0.4, 0.5) is 0 Å². The SMILES string of the molecule is CO[C@@H]1CCC[C@@]12CCCN(C(=O)c1cccc3c1OCCO3)C2. The number of carbonyl (C=O) groups excluding carboxylic acids is 1. The van der Waals surface area contributed by atoms with Crippen LogP contribution in [0.25, 0.3) is 0 Å². The van der Waals surface area contributed by atoms with Crippen molar-refractivity contribution in [2.75, 3.05) is 33.4 Å². The first-order valence-electron chi connectivity index (χ1n) is 8.94. The lowest BCUT2D eigenvalue weighted by molar-refractivity contribution is -0.0296. The third-order valence-corrected chi connectivity index (χ3v) is 5.80. The molecular formula is C19H25NO4. The molecule has 2 fully saturated rings. The van der Waals surface area contributed by atoms with Gasteiger partial charge in [0.05, 0.1) is 11.7 Å². The molecule has 0 unspecified atom stereocenters. The van der Waals surface area contributed by atoms with E-state index in [1.807, 2.05) is 23.1 Å². The quantitative estimate of drug-likeness (QED) is 0.836. The summed E-state index contributed by atoms with van der Waals surface area (Å²) >= 11 is 0. The van der Waals surface area contributed by atoms with Gasteiger partial charge in [0, 0.05) is 25.6 Å². The second-order valence-corrected chi connectivity index (χ2v) is 7.14. The molecule has 1 amide bonds. The normalized spacial score (nSPS) is 29.0. The second kappa shape index (κ2) is 6.28. The summed E-state index contributed by atoms with van der Waals surface area (Å²) in [6.45, 7) is 2.62. The van der Waals surface area contributed by atoms with Gasteiger partial charge in [-0.3, -0.25) is 4.79 Å². The monoisotopic (exact) mass is 331 g/mol. The molecule has 1 saturated heterocycles. The molecule has 2 atom stereocenters. The number of fused-ring (bicyclic) bond motifs is 1. The van der Waals surface area contributed by atoms with E-state index in [-0.39, 0.29) is 17.4 Å². The Morgan fingerprint density at radius 3 is 2.96 bits per heavy atom. The van der Waals surface area contributed by atoms with Crippen LogP contribution in [-0.4, -0.2) is 50.3 Å². The summed E-state index contributed by atoms with van der Waals surface area (Å²) in [4.78, 5) is 15.2. The van der Waals surface area contributed by atoms with Gasteiger partial charge in [0.2, 0.25) is 0 Å². The number of methoxy groups -OCH3 is 1. The lowest BCUT2D eigenvalue weighted by Crippen LogP contribution is -2.49. The number of nitrogens with zero attached hydrogens (tertiary/aromatic N) is 1. The molecule has 2 heterocycles. The summed E-state index contributed by atoms with van der Waals surface area (Å²) in [5.74, 6) is 1.33. The highest BCUT2D eigenvalue weighted by atomic mass is 16.6. The first-order chi connectivity index (χ1) is 11.7. The van der Waals surface area contributed by atoms with Gasteiger partial charge in [-0.25, -0.2) is 0 Å². The van der Waals surface area contributed by atoms with E-state index < -0.39 is 0 Å². The van der Waals surface area contributed by atoms with Crippen LogP contribution in [0.2, 0.25) is 0 Å². The maximum absolute atomic E-state index is 13.2. The zero-order valence-electron chi connectivity index (χ0n) is 14.3. The lowest BCUT2D eigenvalue weighted by atomic mass is 9.76. The molecule has 0 N–H and O–H groups in total. The van der Waals surface area contributed by atoms with Crippen LogP contribution in [-0.2, 0) is 4.74 Å². The van der Waals surface area contributed by atoms with Crippen molar-refractivity contribution in [1.82, 2.24) is 4.90 Å². The third-order valence-electron chi connectivity index (χ3n) is 5.80. The molecular weight excluding hydrogens is 306 g/mol. The number of hydrogen-bond donors (Lipinski definition) is 0. The smallest absolute Gasteiger partial charge is 0.257 e. The maximum atomic E-state index is 13.2. The Morgan fingerprint density at radius 2 is 2.08 bits per heavy atom. The Morgan fingerprint density at radius 1 is 1.25 bits per heavy atom. The minimum absolute atomic E-state index is 0.0539. The van der Waals surface area contributed by atoms with E-state index in [1.165, 1.54) is 6.42 Å². The zero-order chi connectivity index (χ0) is 16.6. The van der Waals surface area contributed by atoms with Crippen molar-refractivity contribution in [3.63, 3.8) is 0 Å². The van der Waals surface area contributed by atoms with Crippen molar-refractivity contribution in [1.29, 1.82) is 0 Å². The molecule has 2 aliphatic heterocycles. The fraction of sp³-hybridized carbons (Fsp3) is 0.632. The van der Waals surface area contributed by atoms with Crippen LogP contribution in [0, 0.1) is 5.41 Å². The Hall–Kier alpha value is -1.75. The van der Waals surface area contributed by atoms with E-state index >= 15 is 0 Å². The first kappa shape index (κ1) is 15.8. The lowest BCUT2D eigenvalue weighted by Gasteiger charge is -2.43. The Labute approximate surface area is 142 Å².